The summed E-state index contributed by atoms with van der Waals surface area (Å²) in [6, 6.07) is 6.26. The fourth-order valence-electron chi connectivity index (χ4n) is 1.88. The van der Waals surface area contributed by atoms with Gasteiger partial charge in [0.25, 0.3) is 0 Å². The van der Waals surface area contributed by atoms with Crippen LogP contribution in [0.1, 0.15) is 25.8 Å². The van der Waals surface area contributed by atoms with Gasteiger partial charge in [0.1, 0.15) is 15.7 Å². The molecule has 0 fully saturated rings. The first-order valence-corrected chi connectivity index (χ1v) is 9.54. The molecule has 1 rings (SSSR count). The summed E-state index contributed by atoms with van der Waals surface area (Å²) in [5.74, 6) is 0.536. The summed E-state index contributed by atoms with van der Waals surface area (Å²) >= 11 is 0. The van der Waals surface area contributed by atoms with Crippen molar-refractivity contribution in [1.82, 2.24) is 10.6 Å². The zero-order valence-electron chi connectivity index (χ0n) is 14.6. The van der Waals surface area contributed by atoms with Crippen LogP contribution in [0.25, 0.3) is 0 Å². The molecular weight excluding hydrogens is 444 g/mol. The number of guanidine groups is 1. The van der Waals surface area contributed by atoms with Crippen molar-refractivity contribution in [2.24, 2.45) is 10.4 Å². The zero-order valence-corrected chi connectivity index (χ0v) is 17.7. The minimum absolute atomic E-state index is 0. The van der Waals surface area contributed by atoms with Gasteiger partial charge in [-0.15, -0.1) is 24.0 Å². The van der Waals surface area contributed by atoms with E-state index in [1.165, 1.54) is 18.4 Å². The molecule has 0 amide bonds. The Morgan fingerprint density at radius 2 is 1.79 bits per heavy atom. The summed E-state index contributed by atoms with van der Waals surface area (Å²) in [5.41, 5.74) is 0.780. The van der Waals surface area contributed by atoms with Crippen LogP contribution in [0.2, 0.25) is 0 Å². The maximum atomic E-state index is 12.9. The summed E-state index contributed by atoms with van der Waals surface area (Å²) in [6.45, 7) is 5.16. The van der Waals surface area contributed by atoms with Crippen molar-refractivity contribution in [3.8, 4) is 0 Å². The van der Waals surface area contributed by atoms with Gasteiger partial charge >= 0.3 is 0 Å². The molecule has 138 valence electrons. The van der Waals surface area contributed by atoms with E-state index in [1.54, 1.807) is 19.2 Å². The summed E-state index contributed by atoms with van der Waals surface area (Å²) in [6.07, 6.45) is 1.83. The van der Waals surface area contributed by atoms with E-state index in [2.05, 4.69) is 15.6 Å². The van der Waals surface area contributed by atoms with E-state index in [-0.39, 0.29) is 41.0 Å². The fraction of sp³-hybridized carbons (Fsp3) is 0.562. The van der Waals surface area contributed by atoms with Crippen LogP contribution in [0, 0.1) is 11.2 Å². The van der Waals surface area contributed by atoms with E-state index in [1.807, 2.05) is 13.8 Å². The molecule has 0 unspecified atom stereocenters. The second-order valence-electron chi connectivity index (χ2n) is 6.45. The van der Waals surface area contributed by atoms with Crippen LogP contribution in [0.3, 0.4) is 0 Å². The molecule has 0 aliphatic rings. The lowest BCUT2D eigenvalue weighted by Gasteiger charge is -2.25. The van der Waals surface area contributed by atoms with Crippen LogP contribution in [0.4, 0.5) is 4.39 Å². The number of nitrogens with one attached hydrogen (secondary N) is 2. The van der Waals surface area contributed by atoms with Crippen LogP contribution < -0.4 is 10.6 Å². The van der Waals surface area contributed by atoms with E-state index >= 15 is 0 Å². The number of benzene rings is 1. The quantitative estimate of drug-likeness (QED) is 0.365. The smallest absolute Gasteiger partial charge is 0.191 e. The highest BCUT2D eigenvalue weighted by molar-refractivity contribution is 14.0. The van der Waals surface area contributed by atoms with Crippen molar-refractivity contribution < 1.29 is 12.8 Å². The lowest BCUT2D eigenvalue weighted by Crippen LogP contribution is -2.42. The molecule has 1 aromatic rings. The van der Waals surface area contributed by atoms with Gasteiger partial charge < -0.3 is 10.6 Å². The van der Waals surface area contributed by atoms with E-state index in [9.17, 15) is 12.8 Å². The third-order valence-electron chi connectivity index (χ3n) is 3.48. The van der Waals surface area contributed by atoms with Gasteiger partial charge in [-0.3, -0.25) is 4.99 Å². The Labute approximate surface area is 161 Å². The average Bonchev–Trinajstić information content (AvgIpc) is 2.47. The van der Waals surface area contributed by atoms with Gasteiger partial charge in [-0.2, -0.15) is 0 Å². The second kappa shape index (κ2) is 10.2. The van der Waals surface area contributed by atoms with Crippen LogP contribution in [0.5, 0.6) is 0 Å². The average molecular weight is 471 g/mol. The summed E-state index contributed by atoms with van der Waals surface area (Å²) < 4.78 is 35.4. The highest BCUT2D eigenvalue weighted by Crippen LogP contribution is 2.19. The number of sulfone groups is 1. The number of aliphatic imine (C=N–C) groups is 1. The molecule has 1 aromatic carbocycles. The molecule has 0 spiro atoms. The third-order valence-corrected chi connectivity index (χ3v) is 4.43. The summed E-state index contributed by atoms with van der Waals surface area (Å²) in [7, 11) is -1.29. The molecule has 0 bridgehead atoms. The molecule has 0 aliphatic heterocycles. The zero-order chi connectivity index (χ0) is 17.5. The Balaban J connectivity index is 0.00000529. The van der Waals surface area contributed by atoms with Gasteiger partial charge in [0.05, 0.1) is 5.75 Å². The van der Waals surface area contributed by atoms with Crippen molar-refractivity contribution in [3.63, 3.8) is 0 Å². The van der Waals surface area contributed by atoms with Gasteiger partial charge in [-0.1, -0.05) is 26.0 Å². The third kappa shape index (κ3) is 10.1. The predicted molar refractivity (Wildman–Crippen MR) is 108 cm³/mol. The van der Waals surface area contributed by atoms with Crippen molar-refractivity contribution in [2.75, 3.05) is 25.6 Å². The van der Waals surface area contributed by atoms with E-state index < -0.39 is 9.84 Å². The largest absolute Gasteiger partial charge is 0.356 e. The van der Waals surface area contributed by atoms with Crippen molar-refractivity contribution >= 4 is 39.8 Å². The first-order chi connectivity index (χ1) is 10.6. The Morgan fingerprint density at radius 3 is 2.29 bits per heavy atom. The second-order valence-corrected chi connectivity index (χ2v) is 8.71. The summed E-state index contributed by atoms with van der Waals surface area (Å²) in [5, 5.41) is 6.35. The van der Waals surface area contributed by atoms with Crippen LogP contribution in [0.15, 0.2) is 29.3 Å². The number of hydrogen-bond donors (Lipinski definition) is 2. The first kappa shape index (κ1) is 23.1. The Hall–Kier alpha value is -0.900. The molecule has 24 heavy (non-hydrogen) atoms. The maximum absolute atomic E-state index is 12.9. The minimum Gasteiger partial charge on any atom is -0.356 e. The molecule has 5 nitrogen and oxygen atoms in total. The van der Waals surface area contributed by atoms with Crippen LogP contribution in [-0.4, -0.2) is 40.0 Å². The topological polar surface area (TPSA) is 70.6 Å². The van der Waals surface area contributed by atoms with Gasteiger partial charge in [-0.05, 0) is 29.5 Å². The molecule has 0 aliphatic carbocycles. The van der Waals surface area contributed by atoms with E-state index in [4.69, 9.17) is 0 Å². The van der Waals surface area contributed by atoms with Crippen molar-refractivity contribution in [1.29, 1.82) is 0 Å². The lowest BCUT2D eigenvalue weighted by molar-refractivity contribution is 0.348. The lowest BCUT2D eigenvalue weighted by atomic mass is 9.90. The highest BCUT2D eigenvalue weighted by atomic mass is 127. The Kier molecular flexibility index (Phi) is 9.79. The van der Waals surface area contributed by atoms with Gasteiger partial charge in [-0.25, -0.2) is 12.8 Å². The monoisotopic (exact) mass is 471 g/mol. The van der Waals surface area contributed by atoms with Crippen LogP contribution in [-0.2, 0) is 16.4 Å². The molecule has 8 heteroatoms. The van der Waals surface area contributed by atoms with Gasteiger partial charge in [0, 0.05) is 26.4 Å². The molecule has 0 atom stereocenters. The van der Waals surface area contributed by atoms with Crippen molar-refractivity contribution in [3.05, 3.63) is 35.6 Å². The molecule has 0 radical (unpaired) electrons. The number of nitrogens with zero attached hydrogens (tertiary/aromatic N) is 1. The van der Waals surface area contributed by atoms with Gasteiger partial charge in [0.2, 0.25) is 0 Å². The normalized spacial score (nSPS) is 12.5. The minimum atomic E-state index is -2.96. The fourth-order valence-corrected chi connectivity index (χ4v) is 2.81. The Morgan fingerprint density at radius 1 is 1.21 bits per heavy atom. The molecule has 0 aromatic heterocycles. The van der Waals surface area contributed by atoms with E-state index in [0.717, 1.165) is 5.56 Å². The van der Waals surface area contributed by atoms with Crippen LogP contribution >= 0.6 is 24.0 Å². The first-order valence-electron chi connectivity index (χ1n) is 7.48. The standard InChI is InChI=1S/C16H26FN3O2S.HI/c1-16(2,9-10-23(4,21)22)12-20-15(18-3)19-11-13-5-7-14(17)8-6-13;/h5-8H,9-12H2,1-4H3,(H2,18,19,20);1H. The molecule has 0 saturated carbocycles. The molecule has 0 heterocycles. The molecule has 2 N–H and O–H groups in total. The summed E-state index contributed by atoms with van der Waals surface area (Å²) in [4.78, 5) is 4.13. The SMILES string of the molecule is CN=C(NCc1ccc(F)cc1)NCC(C)(C)CCS(C)(=O)=O.I. The maximum Gasteiger partial charge on any atom is 0.191 e. The van der Waals surface area contributed by atoms with Crippen molar-refractivity contribution in [2.45, 2.75) is 26.8 Å². The van der Waals surface area contributed by atoms with Gasteiger partial charge in [0.15, 0.2) is 5.96 Å². The predicted octanol–water partition coefficient (Wildman–Crippen LogP) is 2.57. The van der Waals surface area contributed by atoms with E-state index in [0.29, 0.717) is 25.5 Å². The Bertz CT molecular complexity index is 631. The molecule has 0 saturated heterocycles. The molecular formula is C16H27FIN3O2S. The highest BCUT2D eigenvalue weighted by Gasteiger charge is 2.20. The number of rotatable bonds is 7. The number of halogens is 2. The number of hydrogen-bond acceptors (Lipinski definition) is 3.